The molecule has 70 valence electrons. The fraction of sp³-hybridized carbons (Fsp3) is 0.889. The van der Waals surface area contributed by atoms with Gasteiger partial charge in [0, 0.05) is 12.1 Å². The lowest BCUT2D eigenvalue weighted by Gasteiger charge is -2.35. The van der Waals surface area contributed by atoms with Crippen LogP contribution in [0.2, 0.25) is 0 Å². The molecule has 0 unspecified atom stereocenters. The van der Waals surface area contributed by atoms with Gasteiger partial charge in [-0.05, 0) is 26.9 Å². The Bertz CT molecular complexity index is 147. The van der Waals surface area contributed by atoms with Crippen molar-refractivity contribution in [2.45, 2.75) is 37.8 Å². The van der Waals surface area contributed by atoms with E-state index < -0.39 is 0 Å². The second-order valence-corrected chi connectivity index (χ2v) is 3.71. The fourth-order valence-corrected chi connectivity index (χ4v) is 2.01. The first-order valence-electron chi connectivity index (χ1n) is 4.62. The van der Waals surface area contributed by atoms with Gasteiger partial charge in [0.1, 0.15) is 0 Å². The number of carbonyl (C=O) groups excluding carboxylic acids is 1. The Kier molecular flexibility index (Phi) is 3.53. The quantitative estimate of drug-likeness (QED) is 0.629. The summed E-state index contributed by atoms with van der Waals surface area (Å²) < 4.78 is 0. The predicted molar refractivity (Wildman–Crippen MR) is 48.9 cm³/mol. The number of carbonyl (C=O) groups is 1. The van der Waals surface area contributed by atoms with E-state index >= 15 is 0 Å². The lowest BCUT2D eigenvalue weighted by atomic mass is 9.90. The highest BCUT2D eigenvalue weighted by Gasteiger charge is 2.25. The van der Waals surface area contributed by atoms with Crippen molar-refractivity contribution in [1.82, 2.24) is 10.2 Å². The van der Waals surface area contributed by atoms with E-state index in [1.165, 1.54) is 19.3 Å². The van der Waals surface area contributed by atoms with Gasteiger partial charge in [0.2, 0.25) is 6.41 Å². The van der Waals surface area contributed by atoms with Gasteiger partial charge in [-0.2, -0.15) is 0 Å². The molecule has 1 amide bonds. The third kappa shape index (κ3) is 2.21. The molecule has 0 aromatic carbocycles. The summed E-state index contributed by atoms with van der Waals surface area (Å²) in [6.45, 7) is 0. The van der Waals surface area contributed by atoms with Crippen molar-refractivity contribution in [2.24, 2.45) is 0 Å². The average Bonchev–Trinajstić information content (AvgIpc) is 2.05. The number of amides is 1. The third-order valence-corrected chi connectivity index (χ3v) is 2.67. The topological polar surface area (TPSA) is 32.3 Å². The number of likely N-dealkylation sites (N-methyl/N-ethyl adjacent to an activating group) is 1. The molecule has 3 nitrogen and oxygen atoms in total. The van der Waals surface area contributed by atoms with Crippen LogP contribution in [-0.4, -0.2) is 37.5 Å². The van der Waals surface area contributed by atoms with Gasteiger partial charge < -0.3 is 10.2 Å². The van der Waals surface area contributed by atoms with Crippen molar-refractivity contribution in [2.75, 3.05) is 14.1 Å². The molecule has 1 fully saturated rings. The van der Waals surface area contributed by atoms with Crippen molar-refractivity contribution >= 4 is 6.41 Å². The molecular formula is C9H18N2O. The maximum absolute atomic E-state index is 10.3. The molecule has 0 aromatic heterocycles. The smallest absolute Gasteiger partial charge is 0.207 e. The molecular weight excluding hydrogens is 152 g/mol. The minimum atomic E-state index is 0.367. The fourth-order valence-electron chi connectivity index (χ4n) is 2.01. The van der Waals surface area contributed by atoms with Crippen molar-refractivity contribution in [1.29, 1.82) is 0 Å². The zero-order valence-corrected chi connectivity index (χ0v) is 7.92. The van der Waals surface area contributed by atoms with E-state index in [0.29, 0.717) is 12.1 Å². The Morgan fingerprint density at radius 3 is 2.58 bits per heavy atom. The molecule has 1 saturated carbocycles. The summed E-state index contributed by atoms with van der Waals surface area (Å²) in [5.41, 5.74) is 0. The first kappa shape index (κ1) is 9.52. The molecule has 0 spiro atoms. The summed E-state index contributed by atoms with van der Waals surface area (Å²) in [7, 11) is 4.16. The molecule has 1 aliphatic carbocycles. The zero-order chi connectivity index (χ0) is 8.97. The number of hydrogen-bond acceptors (Lipinski definition) is 2. The number of hydrogen-bond donors (Lipinski definition) is 1. The molecule has 0 heterocycles. The van der Waals surface area contributed by atoms with Crippen LogP contribution in [-0.2, 0) is 4.79 Å². The van der Waals surface area contributed by atoms with Crippen LogP contribution in [0.25, 0.3) is 0 Å². The van der Waals surface area contributed by atoms with Crippen molar-refractivity contribution in [3.63, 3.8) is 0 Å². The molecule has 0 bridgehead atoms. The first-order valence-corrected chi connectivity index (χ1v) is 4.62. The summed E-state index contributed by atoms with van der Waals surface area (Å²) in [5, 5.41) is 2.89. The highest BCUT2D eigenvalue weighted by molar-refractivity contribution is 5.46. The average molecular weight is 170 g/mol. The maximum atomic E-state index is 10.3. The van der Waals surface area contributed by atoms with Gasteiger partial charge in [-0.1, -0.05) is 12.8 Å². The molecule has 1 rings (SSSR count). The highest BCUT2D eigenvalue weighted by atomic mass is 16.1. The van der Waals surface area contributed by atoms with Crippen LogP contribution in [0.1, 0.15) is 25.7 Å². The molecule has 0 saturated heterocycles. The molecule has 3 heteroatoms. The Balaban J connectivity index is 2.47. The van der Waals surface area contributed by atoms with E-state index in [1.54, 1.807) is 0 Å². The van der Waals surface area contributed by atoms with Gasteiger partial charge in [-0.15, -0.1) is 0 Å². The van der Waals surface area contributed by atoms with Gasteiger partial charge in [-0.3, -0.25) is 4.79 Å². The summed E-state index contributed by atoms with van der Waals surface area (Å²) in [6.07, 6.45) is 5.70. The molecule has 0 aromatic rings. The van der Waals surface area contributed by atoms with Gasteiger partial charge in [0.05, 0.1) is 0 Å². The zero-order valence-electron chi connectivity index (χ0n) is 7.92. The van der Waals surface area contributed by atoms with E-state index in [1.807, 2.05) is 0 Å². The second-order valence-electron chi connectivity index (χ2n) is 3.71. The monoisotopic (exact) mass is 170 g/mol. The Hall–Kier alpha value is -0.570. The van der Waals surface area contributed by atoms with Crippen LogP contribution in [0.3, 0.4) is 0 Å². The molecule has 12 heavy (non-hydrogen) atoms. The summed E-state index contributed by atoms with van der Waals surface area (Å²) in [6, 6.07) is 0.898. The SMILES string of the molecule is CN(C)[C@H]1CCCC[C@H]1NC=O. The van der Waals surface area contributed by atoms with Gasteiger partial charge in [0.15, 0.2) is 0 Å². The Labute approximate surface area is 74.1 Å². The maximum Gasteiger partial charge on any atom is 0.207 e. The molecule has 1 aliphatic rings. The third-order valence-electron chi connectivity index (χ3n) is 2.67. The van der Waals surface area contributed by atoms with Crippen LogP contribution in [0.15, 0.2) is 0 Å². The highest BCUT2D eigenvalue weighted by Crippen LogP contribution is 2.21. The summed E-state index contributed by atoms with van der Waals surface area (Å²) in [5.74, 6) is 0. The standard InChI is InChI=1S/C9H18N2O/c1-11(2)9-6-4-3-5-8(9)10-7-12/h7-9H,3-6H2,1-2H3,(H,10,12)/t8-,9+/m1/s1. The summed E-state index contributed by atoms with van der Waals surface area (Å²) in [4.78, 5) is 12.5. The first-order chi connectivity index (χ1) is 5.75. The second kappa shape index (κ2) is 4.45. The molecule has 2 atom stereocenters. The normalized spacial score (nSPS) is 30.2. The van der Waals surface area contributed by atoms with Gasteiger partial charge in [-0.25, -0.2) is 0 Å². The number of rotatable bonds is 3. The van der Waals surface area contributed by atoms with E-state index in [0.717, 1.165) is 12.8 Å². The van der Waals surface area contributed by atoms with Crippen LogP contribution >= 0.6 is 0 Å². The molecule has 1 N–H and O–H groups in total. The van der Waals surface area contributed by atoms with Crippen molar-refractivity contribution in [3.8, 4) is 0 Å². The van der Waals surface area contributed by atoms with Crippen molar-refractivity contribution < 1.29 is 4.79 Å². The van der Waals surface area contributed by atoms with E-state index in [9.17, 15) is 4.79 Å². The molecule has 0 aliphatic heterocycles. The largest absolute Gasteiger partial charge is 0.354 e. The van der Waals surface area contributed by atoms with Crippen molar-refractivity contribution in [3.05, 3.63) is 0 Å². The van der Waals surface area contributed by atoms with E-state index in [-0.39, 0.29) is 0 Å². The van der Waals surface area contributed by atoms with Gasteiger partial charge >= 0.3 is 0 Å². The van der Waals surface area contributed by atoms with Crippen LogP contribution < -0.4 is 5.32 Å². The van der Waals surface area contributed by atoms with E-state index in [2.05, 4.69) is 24.3 Å². The Morgan fingerprint density at radius 1 is 1.33 bits per heavy atom. The number of nitrogens with zero attached hydrogens (tertiary/aromatic N) is 1. The predicted octanol–water partition coefficient (Wildman–Crippen LogP) is 0.605. The lowest BCUT2D eigenvalue weighted by molar-refractivity contribution is -0.110. The van der Waals surface area contributed by atoms with E-state index in [4.69, 9.17) is 0 Å². The summed E-state index contributed by atoms with van der Waals surface area (Å²) >= 11 is 0. The minimum absolute atomic E-state index is 0.367. The lowest BCUT2D eigenvalue weighted by Crippen LogP contribution is -2.48. The minimum Gasteiger partial charge on any atom is -0.354 e. The van der Waals surface area contributed by atoms with Crippen LogP contribution in [0.5, 0.6) is 0 Å². The van der Waals surface area contributed by atoms with Crippen LogP contribution in [0, 0.1) is 0 Å². The molecule has 0 radical (unpaired) electrons. The van der Waals surface area contributed by atoms with Crippen LogP contribution in [0.4, 0.5) is 0 Å². The number of nitrogens with one attached hydrogen (secondary N) is 1. The van der Waals surface area contributed by atoms with Gasteiger partial charge in [0.25, 0.3) is 0 Å². The Morgan fingerprint density at radius 2 is 2.00 bits per heavy atom.